The molecular formula is C14H19ClN2O. The van der Waals surface area contributed by atoms with Crippen molar-refractivity contribution in [2.75, 3.05) is 20.1 Å². The maximum atomic E-state index is 12.4. The maximum Gasteiger partial charge on any atom is 0.254 e. The molecule has 2 rings (SSSR count). The Balaban J connectivity index is 2.17. The number of amides is 1. The minimum Gasteiger partial charge on any atom is -0.334 e. The van der Waals surface area contributed by atoms with Gasteiger partial charge in [0.25, 0.3) is 5.91 Å². The van der Waals surface area contributed by atoms with E-state index in [0.717, 1.165) is 31.5 Å². The molecule has 1 N–H and O–H groups in total. The predicted octanol–water partition coefficient (Wildman–Crippen LogP) is 2.47. The molecule has 98 valence electrons. The summed E-state index contributed by atoms with van der Waals surface area (Å²) in [5.41, 5.74) is 1.69. The highest BCUT2D eigenvalue weighted by molar-refractivity contribution is 6.31. The lowest BCUT2D eigenvalue weighted by molar-refractivity contribution is 0.0737. The molecule has 1 amide bonds. The van der Waals surface area contributed by atoms with Gasteiger partial charge in [-0.15, -0.1) is 0 Å². The third-order valence-electron chi connectivity index (χ3n) is 3.50. The molecule has 1 saturated heterocycles. The molecule has 0 aromatic heterocycles. The lowest BCUT2D eigenvalue weighted by Gasteiger charge is -2.24. The second-order valence-corrected chi connectivity index (χ2v) is 5.22. The van der Waals surface area contributed by atoms with Crippen molar-refractivity contribution in [3.05, 3.63) is 34.3 Å². The Kier molecular flexibility index (Phi) is 4.25. The van der Waals surface area contributed by atoms with E-state index in [1.165, 1.54) is 0 Å². The molecule has 1 aromatic carbocycles. The second kappa shape index (κ2) is 5.72. The Labute approximate surface area is 113 Å². The molecule has 18 heavy (non-hydrogen) atoms. The minimum atomic E-state index is 0.0923. The number of nitrogens with one attached hydrogen (secondary N) is 1. The first kappa shape index (κ1) is 13.4. The lowest BCUT2D eigenvalue weighted by Crippen LogP contribution is -2.40. The monoisotopic (exact) mass is 266 g/mol. The second-order valence-electron chi connectivity index (χ2n) is 4.82. The summed E-state index contributed by atoms with van der Waals surface area (Å²) in [6.07, 6.45) is 2.16. The highest BCUT2D eigenvalue weighted by Gasteiger charge is 2.28. The Hall–Kier alpha value is -1.06. The normalized spacial score (nSPS) is 19.3. The van der Waals surface area contributed by atoms with Crippen LogP contribution in [0.1, 0.15) is 28.8 Å². The van der Waals surface area contributed by atoms with Crippen LogP contribution in [0.25, 0.3) is 0 Å². The van der Waals surface area contributed by atoms with Crippen LogP contribution in [0.2, 0.25) is 5.02 Å². The number of halogens is 1. The first-order chi connectivity index (χ1) is 8.63. The number of hydrogen-bond donors (Lipinski definition) is 1. The fourth-order valence-electron chi connectivity index (χ4n) is 2.44. The van der Waals surface area contributed by atoms with E-state index >= 15 is 0 Å². The largest absolute Gasteiger partial charge is 0.334 e. The van der Waals surface area contributed by atoms with E-state index in [2.05, 4.69) is 5.32 Å². The minimum absolute atomic E-state index is 0.0923. The number of carbonyl (C=O) groups is 1. The van der Waals surface area contributed by atoms with Gasteiger partial charge in [-0.3, -0.25) is 4.79 Å². The highest BCUT2D eigenvalue weighted by Crippen LogP contribution is 2.22. The predicted molar refractivity (Wildman–Crippen MR) is 74.2 cm³/mol. The lowest BCUT2D eigenvalue weighted by atomic mass is 10.1. The average Bonchev–Trinajstić information content (AvgIpc) is 2.80. The van der Waals surface area contributed by atoms with Gasteiger partial charge in [-0.05, 0) is 44.5 Å². The Morgan fingerprint density at radius 1 is 1.56 bits per heavy atom. The molecule has 1 fully saturated rings. The summed E-state index contributed by atoms with van der Waals surface area (Å²) in [6.45, 7) is 3.64. The van der Waals surface area contributed by atoms with Crippen LogP contribution in [0.3, 0.4) is 0 Å². The summed E-state index contributed by atoms with van der Waals surface area (Å²) in [4.78, 5) is 14.4. The number of carbonyl (C=O) groups excluding carboxylic acids is 1. The van der Waals surface area contributed by atoms with Crippen molar-refractivity contribution in [1.82, 2.24) is 10.2 Å². The smallest absolute Gasteiger partial charge is 0.254 e. The van der Waals surface area contributed by atoms with Crippen LogP contribution < -0.4 is 5.32 Å². The summed E-state index contributed by atoms with van der Waals surface area (Å²) in [6, 6.07) is 5.84. The fourth-order valence-corrected chi connectivity index (χ4v) is 2.62. The number of likely N-dealkylation sites (tertiary alicyclic amines) is 1. The van der Waals surface area contributed by atoms with Crippen molar-refractivity contribution in [1.29, 1.82) is 0 Å². The molecule has 0 radical (unpaired) electrons. The van der Waals surface area contributed by atoms with Crippen LogP contribution in [0.15, 0.2) is 18.2 Å². The van der Waals surface area contributed by atoms with Crippen molar-refractivity contribution in [2.45, 2.75) is 25.8 Å². The highest BCUT2D eigenvalue weighted by atomic mass is 35.5. The maximum absolute atomic E-state index is 12.4. The van der Waals surface area contributed by atoms with Crippen LogP contribution in [0.4, 0.5) is 0 Å². The van der Waals surface area contributed by atoms with Gasteiger partial charge < -0.3 is 10.2 Å². The summed E-state index contributed by atoms with van der Waals surface area (Å²) >= 11 is 6.08. The topological polar surface area (TPSA) is 32.3 Å². The van der Waals surface area contributed by atoms with Gasteiger partial charge in [-0.2, -0.15) is 0 Å². The number of likely N-dealkylation sites (N-methyl/N-ethyl adjacent to an activating group) is 1. The van der Waals surface area contributed by atoms with Crippen LogP contribution in [0, 0.1) is 6.92 Å². The number of hydrogen-bond acceptors (Lipinski definition) is 2. The average molecular weight is 267 g/mol. The number of aryl methyl sites for hydroxylation is 1. The van der Waals surface area contributed by atoms with Crippen molar-refractivity contribution < 1.29 is 4.79 Å². The van der Waals surface area contributed by atoms with Crippen LogP contribution in [0.5, 0.6) is 0 Å². The van der Waals surface area contributed by atoms with Gasteiger partial charge in [0.05, 0.1) is 0 Å². The Morgan fingerprint density at radius 3 is 3.00 bits per heavy atom. The molecule has 1 atom stereocenters. The zero-order valence-corrected chi connectivity index (χ0v) is 11.6. The molecule has 0 aliphatic carbocycles. The first-order valence-electron chi connectivity index (χ1n) is 6.35. The van der Waals surface area contributed by atoms with E-state index in [4.69, 9.17) is 11.6 Å². The molecule has 4 heteroatoms. The third-order valence-corrected chi connectivity index (χ3v) is 3.90. The number of nitrogens with zero attached hydrogens (tertiary/aromatic N) is 1. The van der Waals surface area contributed by atoms with Crippen LogP contribution >= 0.6 is 11.6 Å². The molecule has 3 nitrogen and oxygen atoms in total. The van der Waals surface area contributed by atoms with Gasteiger partial charge in [-0.25, -0.2) is 0 Å². The number of rotatable bonds is 3. The van der Waals surface area contributed by atoms with Crippen molar-refractivity contribution in [2.24, 2.45) is 0 Å². The van der Waals surface area contributed by atoms with Gasteiger partial charge in [0, 0.05) is 29.7 Å². The Morgan fingerprint density at radius 2 is 2.33 bits per heavy atom. The molecule has 1 aliphatic rings. The molecular weight excluding hydrogens is 248 g/mol. The molecule has 0 bridgehead atoms. The summed E-state index contributed by atoms with van der Waals surface area (Å²) in [5, 5.41) is 3.80. The molecule has 1 heterocycles. The summed E-state index contributed by atoms with van der Waals surface area (Å²) in [7, 11) is 1.92. The van der Waals surface area contributed by atoms with E-state index < -0.39 is 0 Å². The first-order valence-corrected chi connectivity index (χ1v) is 6.73. The molecule has 1 unspecified atom stereocenters. The standard InChI is InChI=1S/C14H19ClN2O/c1-10-5-6-11(8-13(10)15)14(18)17-7-3-4-12(17)9-16-2/h5-6,8,12,16H,3-4,7,9H2,1-2H3. The van der Waals surface area contributed by atoms with E-state index in [1.54, 1.807) is 6.07 Å². The van der Waals surface area contributed by atoms with Crippen molar-refractivity contribution in [3.63, 3.8) is 0 Å². The third kappa shape index (κ3) is 2.68. The van der Waals surface area contributed by atoms with Crippen molar-refractivity contribution >= 4 is 17.5 Å². The van der Waals surface area contributed by atoms with E-state index in [0.29, 0.717) is 16.6 Å². The summed E-state index contributed by atoms with van der Waals surface area (Å²) < 4.78 is 0. The van der Waals surface area contributed by atoms with Crippen LogP contribution in [-0.2, 0) is 0 Å². The SMILES string of the molecule is CNCC1CCCN1C(=O)c1ccc(C)c(Cl)c1. The summed E-state index contributed by atoms with van der Waals surface area (Å²) in [5.74, 6) is 0.0923. The molecule has 0 spiro atoms. The zero-order valence-electron chi connectivity index (χ0n) is 10.9. The zero-order chi connectivity index (χ0) is 13.1. The molecule has 1 aliphatic heterocycles. The van der Waals surface area contributed by atoms with Gasteiger partial charge >= 0.3 is 0 Å². The number of benzene rings is 1. The van der Waals surface area contributed by atoms with Crippen LogP contribution in [-0.4, -0.2) is 37.0 Å². The van der Waals surface area contributed by atoms with Crippen molar-refractivity contribution in [3.8, 4) is 0 Å². The van der Waals surface area contributed by atoms with Gasteiger partial charge in [-0.1, -0.05) is 17.7 Å². The van der Waals surface area contributed by atoms with Gasteiger partial charge in [0.2, 0.25) is 0 Å². The van der Waals surface area contributed by atoms with E-state index in [1.807, 2.05) is 31.0 Å². The van der Waals surface area contributed by atoms with Gasteiger partial charge in [0.1, 0.15) is 0 Å². The molecule has 1 aromatic rings. The quantitative estimate of drug-likeness (QED) is 0.912. The van der Waals surface area contributed by atoms with Gasteiger partial charge in [0.15, 0.2) is 0 Å². The molecule has 0 saturated carbocycles. The van der Waals surface area contributed by atoms with E-state index in [-0.39, 0.29) is 5.91 Å². The van der Waals surface area contributed by atoms with E-state index in [9.17, 15) is 4.79 Å². The Bertz CT molecular complexity index is 447. The fraction of sp³-hybridized carbons (Fsp3) is 0.500.